The van der Waals surface area contributed by atoms with Crippen LogP contribution in [0.2, 0.25) is 5.02 Å². The van der Waals surface area contributed by atoms with E-state index in [-0.39, 0.29) is 0 Å². The molecule has 0 bridgehead atoms. The van der Waals surface area contributed by atoms with Crippen molar-refractivity contribution in [2.75, 3.05) is 0 Å². The van der Waals surface area contributed by atoms with Crippen molar-refractivity contribution in [3.8, 4) is 0 Å². The van der Waals surface area contributed by atoms with Crippen LogP contribution >= 0.6 is 11.6 Å². The lowest BCUT2D eigenvalue weighted by atomic mass is 10.2. The first-order valence-corrected chi connectivity index (χ1v) is 4.92. The van der Waals surface area contributed by atoms with E-state index in [0.717, 1.165) is 5.56 Å². The molecule has 0 spiro atoms. The van der Waals surface area contributed by atoms with Gasteiger partial charge >= 0.3 is 0 Å². The molecular formula is C8H8ClNOS. The fourth-order valence-corrected chi connectivity index (χ4v) is 1.14. The zero-order valence-corrected chi connectivity index (χ0v) is 7.81. The van der Waals surface area contributed by atoms with E-state index in [4.69, 9.17) is 16.7 Å². The summed E-state index contributed by atoms with van der Waals surface area (Å²) in [7, 11) is -1.38. The highest BCUT2D eigenvalue weighted by Crippen LogP contribution is 2.10. The van der Waals surface area contributed by atoms with Gasteiger partial charge in [-0.3, -0.25) is 0 Å². The summed E-state index contributed by atoms with van der Waals surface area (Å²) < 4.78 is 10.5. The van der Waals surface area contributed by atoms with Crippen LogP contribution in [0.3, 0.4) is 0 Å². The minimum Gasteiger partial charge on any atom is -0.248 e. The van der Waals surface area contributed by atoms with Crippen molar-refractivity contribution in [2.24, 2.45) is 5.14 Å². The van der Waals surface area contributed by atoms with Crippen LogP contribution in [0.4, 0.5) is 0 Å². The summed E-state index contributed by atoms with van der Waals surface area (Å²) in [6, 6.07) is 7.18. The molecule has 0 aromatic heterocycles. The molecule has 0 aliphatic carbocycles. The Balaban J connectivity index is 2.77. The molecule has 4 heteroatoms. The highest BCUT2D eigenvalue weighted by Gasteiger charge is 1.87. The summed E-state index contributed by atoms with van der Waals surface area (Å²) in [6.45, 7) is 0. The van der Waals surface area contributed by atoms with Crippen molar-refractivity contribution in [3.05, 3.63) is 40.3 Å². The fraction of sp³-hybridized carbons (Fsp3) is 0. The fourth-order valence-electron chi connectivity index (χ4n) is 0.720. The summed E-state index contributed by atoms with van der Waals surface area (Å²) in [4.78, 5) is 0. The Morgan fingerprint density at radius 2 is 1.92 bits per heavy atom. The van der Waals surface area contributed by atoms with E-state index < -0.39 is 11.0 Å². The third-order valence-electron chi connectivity index (χ3n) is 1.26. The molecule has 12 heavy (non-hydrogen) atoms. The highest BCUT2D eigenvalue weighted by atomic mass is 35.5. The van der Waals surface area contributed by atoms with Gasteiger partial charge in [0.15, 0.2) is 0 Å². The molecule has 0 aliphatic rings. The minimum absolute atomic E-state index is 0.682. The van der Waals surface area contributed by atoms with Gasteiger partial charge in [0.1, 0.15) is 11.0 Å². The van der Waals surface area contributed by atoms with Crippen molar-refractivity contribution >= 4 is 28.7 Å². The lowest BCUT2D eigenvalue weighted by Crippen LogP contribution is -1.95. The molecule has 0 amide bonds. The molecule has 64 valence electrons. The Labute approximate surface area is 78.6 Å². The first-order chi connectivity index (χ1) is 5.68. The van der Waals surface area contributed by atoms with Crippen LogP contribution in [0.15, 0.2) is 29.7 Å². The van der Waals surface area contributed by atoms with Crippen molar-refractivity contribution in [2.45, 2.75) is 0 Å². The first-order valence-electron chi connectivity index (χ1n) is 3.27. The van der Waals surface area contributed by atoms with Gasteiger partial charge in [0.25, 0.3) is 0 Å². The van der Waals surface area contributed by atoms with Crippen molar-refractivity contribution in [1.29, 1.82) is 0 Å². The maximum absolute atomic E-state index is 10.5. The highest BCUT2D eigenvalue weighted by molar-refractivity contribution is 7.85. The molecule has 0 heterocycles. The Kier molecular flexibility index (Phi) is 3.47. The van der Waals surface area contributed by atoms with E-state index >= 15 is 0 Å². The molecule has 0 radical (unpaired) electrons. The van der Waals surface area contributed by atoms with Gasteiger partial charge < -0.3 is 0 Å². The quantitative estimate of drug-likeness (QED) is 0.781. The predicted molar refractivity (Wildman–Crippen MR) is 52.8 cm³/mol. The van der Waals surface area contributed by atoms with E-state index in [9.17, 15) is 4.21 Å². The van der Waals surface area contributed by atoms with Crippen LogP contribution in [-0.4, -0.2) is 4.21 Å². The van der Waals surface area contributed by atoms with Crippen LogP contribution in [0.1, 0.15) is 5.56 Å². The average Bonchev–Trinajstić information content (AvgIpc) is 2.03. The van der Waals surface area contributed by atoms with Gasteiger partial charge in [0.2, 0.25) is 0 Å². The van der Waals surface area contributed by atoms with Crippen molar-refractivity contribution in [3.63, 3.8) is 0 Å². The lowest BCUT2D eigenvalue weighted by Gasteiger charge is -1.91. The Bertz CT molecular complexity index is 307. The van der Waals surface area contributed by atoms with E-state index in [0.29, 0.717) is 5.02 Å². The minimum atomic E-state index is -1.38. The van der Waals surface area contributed by atoms with Gasteiger partial charge in [-0.2, -0.15) is 0 Å². The van der Waals surface area contributed by atoms with E-state index in [2.05, 4.69) is 0 Å². The number of nitrogens with two attached hydrogens (primary N) is 1. The van der Waals surface area contributed by atoms with Crippen LogP contribution in [0.5, 0.6) is 0 Å². The summed E-state index contributed by atoms with van der Waals surface area (Å²) in [5, 5.41) is 7.13. The van der Waals surface area contributed by atoms with E-state index in [1.807, 2.05) is 12.1 Å². The summed E-state index contributed by atoms with van der Waals surface area (Å²) in [5.41, 5.74) is 0.929. The van der Waals surface area contributed by atoms with E-state index in [1.165, 1.54) is 5.41 Å². The van der Waals surface area contributed by atoms with Gasteiger partial charge in [-0.15, -0.1) is 0 Å². The average molecular weight is 202 g/mol. The number of hydrogen-bond acceptors (Lipinski definition) is 1. The topological polar surface area (TPSA) is 43.1 Å². The summed E-state index contributed by atoms with van der Waals surface area (Å²) >= 11 is 5.67. The van der Waals surface area contributed by atoms with Gasteiger partial charge in [-0.1, -0.05) is 23.7 Å². The number of hydrogen-bond donors (Lipinski definition) is 1. The Morgan fingerprint density at radius 1 is 1.33 bits per heavy atom. The zero-order valence-electron chi connectivity index (χ0n) is 6.24. The number of halogens is 1. The SMILES string of the molecule is NS(=O)/C=C\c1ccc(Cl)cc1. The largest absolute Gasteiger partial charge is 0.248 e. The lowest BCUT2D eigenvalue weighted by molar-refractivity contribution is 0.689. The Morgan fingerprint density at radius 3 is 2.42 bits per heavy atom. The second-order valence-corrected chi connectivity index (χ2v) is 3.55. The van der Waals surface area contributed by atoms with Gasteiger partial charge in [0.05, 0.1) is 0 Å². The predicted octanol–water partition coefficient (Wildman–Crippen LogP) is 1.93. The molecule has 2 N–H and O–H groups in total. The van der Waals surface area contributed by atoms with Crippen LogP contribution in [0, 0.1) is 0 Å². The van der Waals surface area contributed by atoms with Crippen LogP contribution < -0.4 is 5.14 Å². The molecule has 0 saturated heterocycles. The molecule has 1 unspecified atom stereocenters. The molecule has 1 atom stereocenters. The molecular weight excluding hydrogens is 194 g/mol. The monoisotopic (exact) mass is 201 g/mol. The smallest absolute Gasteiger partial charge is 0.114 e. The molecule has 1 aromatic rings. The third-order valence-corrected chi connectivity index (χ3v) is 1.92. The van der Waals surface area contributed by atoms with Crippen molar-refractivity contribution < 1.29 is 4.21 Å². The molecule has 2 nitrogen and oxygen atoms in total. The van der Waals surface area contributed by atoms with Crippen LogP contribution in [-0.2, 0) is 11.0 Å². The van der Waals surface area contributed by atoms with Gasteiger partial charge in [0, 0.05) is 10.4 Å². The van der Waals surface area contributed by atoms with Crippen LogP contribution in [0.25, 0.3) is 6.08 Å². The number of rotatable bonds is 2. The summed E-state index contributed by atoms with van der Waals surface area (Å²) in [5.74, 6) is 0. The standard InChI is InChI=1S/C8H8ClNOS/c9-8-3-1-7(2-4-8)5-6-12(10)11/h1-6H,10H2/b6-5-. The number of benzene rings is 1. The Hall–Kier alpha value is -0.640. The van der Waals surface area contributed by atoms with Gasteiger partial charge in [-0.05, 0) is 23.8 Å². The first kappa shape index (κ1) is 9.45. The molecule has 1 aromatic carbocycles. The van der Waals surface area contributed by atoms with Crippen molar-refractivity contribution in [1.82, 2.24) is 0 Å². The van der Waals surface area contributed by atoms with E-state index in [1.54, 1.807) is 18.2 Å². The molecule has 0 saturated carbocycles. The summed E-state index contributed by atoms with van der Waals surface area (Å²) in [6.07, 6.45) is 1.69. The third kappa shape index (κ3) is 3.17. The second kappa shape index (κ2) is 4.40. The molecule has 1 rings (SSSR count). The molecule has 0 fully saturated rings. The van der Waals surface area contributed by atoms with Gasteiger partial charge in [-0.25, -0.2) is 9.35 Å². The maximum Gasteiger partial charge on any atom is 0.114 e. The molecule has 0 aliphatic heterocycles. The normalized spacial score (nSPS) is 13.5. The zero-order chi connectivity index (χ0) is 8.97. The maximum atomic E-state index is 10.5. The second-order valence-electron chi connectivity index (χ2n) is 2.18.